The van der Waals surface area contributed by atoms with Gasteiger partial charge in [0.1, 0.15) is 15.8 Å². The molecule has 2 fully saturated rings. The number of ether oxygens (including phenoxy) is 2. The fourth-order valence-electron chi connectivity index (χ4n) is 5.78. The number of amides is 1. The van der Waals surface area contributed by atoms with Crippen LogP contribution in [0.25, 0.3) is 11.7 Å². The van der Waals surface area contributed by atoms with Crippen molar-refractivity contribution in [1.29, 1.82) is 0 Å². The van der Waals surface area contributed by atoms with E-state index >= 15 is 0 Å². The van der Waals surface area contributed by atoms with E-state index in [1.165, 1.54) is 30.2 Å². The number of thiocarbonyl (C=S) groups is 1. The molecule has 0 aliphatic carbocycles. The van der Waals surface area contributed by atoms with E-state index in [0.717, 1.165) is 56.0 Å². The molecule has 3 aliphatic rings. The van der Waals surface area contributed by atoms with Crippen molar-refractivity contribution < 1.29 is 14.3 Å². The number of hydrogen-bond acceptors (Lipinski definition) is 9. The number of benzene rings is 1. The number of thioether (sulfide) groups is 1. The fraction of sp³-hybridized carbons (Fsp3) is 0.438. The van der Waals surface area contributed by atoms with E-state index in [-0.39, 0.29) is 18.3 Å². The van der Waals surface area contributed by atoms with E-state index < -0.39 is 0 Å². The van der Waals surface area contributed by atoms with Crippen molar-refractivity contribution in [3.63, 3.8) is 0 Å². The molecule has 226 valence electrons. The monoisotopic (exact) mass is 619 g/mol. The van der Waals surface area contributed by atoms with E-state index in [9.17, 15) is 9.59 Å². The highest BCUT2D eigenvalue weighted by atomic mass is 32.2. The normalized spacial score (nSPS) is 18.0. The molecule has 9 nitrogen and oxygen atoms in total. The van der Waals surface area contributed by atoms with Crippen LogP contribution in [0.3, 0.4) is 0 Å². The number of unbranched alkanes of at least 4 members (excludes halogenated alkanes) is 4. The SMILES string of the molecule is CCCCCCCN1C(=O)/C(=C\c2c(N3CCN(Cc4ccc5c(c4)OCO5)CC3)nc3c(C)cccn3c2=O)SC1=S. The third-order valence-electron chi connectivity index (χ3n) is 8.21. The van der Waals surface area contributed by atoms with Gasteiger partial charge in [-0.3, -0.25) is 23.8 Å². The molecule has 11 heteroatoms. The number of hydrogen-bond donors (Lipinski definition) is 0. The van der Waals surface area contributed by atoms with Crippen molar-refractivity contribution in [3.05, 3.63) is 68.5 Å². The molecule has 0 saturated carbocycles. The number of nitrogens with zero attached hydrogens (tertiary/aromatic N) is 5. The Balaban J connectivity index is 1.23. The van der Waals surface area contributed by atoms with Gasteiger partial charge in [-0.25, -0.2) is 4.98 Å². The highest BCUT2D eigenvalue weighted by Gasteiger charge is 2.33. The summed E-state index contributed by atoms with van der Waals surface area (Å²) < 4.78 is 13.1. The van der Waals surface area contributed by atoms with Gasteiger partial charge in [0.25, 0.3) is 11.5 Å². The Labute approximate surface area is 261 Å². The molecule has 3 aliphatic heterocycles. The molecule has 6 rings (SSSR count). The topological polar surface area (TPSA) is 79.6 Å². The van der Waals surface area contributed by atoms with Crippen molar-refractivity contribution in [2.45, 2.75) is 52.5 Å². The first-order valence-corrected chi connectivity index (χ1v) is 16.3. The van der Waals surface area contributed by atoms with E-state index in [1.54, 1.807) is 21.6 Å². The Morgan fingerprint density at radius 1 is 1.02 bits per heavy atom. The first kappa shape index (κ1) is 29.7. The number of piperazine rings is 1. The first-order chi connectivity index (χ1) is 20.9. The van der Waals surface area contributed by atoms with Crippen molar-refractivity contribution in [1.82, 2.24) is 19.2 Å². The highest BCUT2D eigenvalue weighted by molar-refractivity contribution is 8.26. The molecule has 0 atom stereocenters. The van der Waals surface area contributed by atoms with Gasteiger partial charge in [0.15, 0.2) is 11.5 Å². The van der Waals surface area contributed by atoms with Crippen molar-refractivity contribution in [2.24, 2.45) is 0 Å². The summed E-state index contributed by atoms with van der Waals surface area (Å²) in [7, 11) is 0. The van der Waals surface area contributed by atoms with Crippen LogP contribution in [0.15, 0.2) is 46.2 Å². The molecule has 0 unspecified atom stereocenters. The maximum absolute atomic E-state index is 13.9. The molecule has 0 bridgehead atoms. The largest absolute Gasteiger partial charge is 0.454 e. The second kappa shape index (κ2) is 13.1. The van der Waals surface area contributed by atoms with Gasteiger partial charge in [0.05, 0.1) is 10.5 Å². The number of anilines is 1. The first-order valence-electron chi connectivity index (χ1n) is 15.1. The van der Waals surface area contributed by atoms with Gasteiger partial charge >= 0.3 is 0 Å². The molecule has 2 aromatic heterocycles. The maximum Gasteiger partial charge on any atom is 0.267 e. The zero-order valence-corrected chi connectivity index (χ0v) is 26.3. The third kappa shape index (κ3) is 6.30. The molecule has 0 N–H and O–H groups in total. The Morgan fingerprint density at radius 3 is 2.63 bits per heavy atom. The predicted octanol–water partition coefficient (Wildman–Crippen LogP) is 5.23. The summed E-state index contributed by atoms with van der Waals surface area (Å²) in [5, 5.41) is 0. The summed E-state index contributed by atoms with van der Waals surface area (Å²) in [4.78, 5) is 39.1. The van der Waals surface area contributed by atoms with Crippen LogP contribution in [-0.4, -0.2) is 68.9 Å². The summed E-state index contributed by atoms with van der Waals surface area (Å²) in [6.45, 7) is 8.85. The van der Waals surface area contributed by atoms with Gasteiger partial charge < -0.3 is 14.4 Å². The zero-order chi connectivity index (χ0) is 29.9. The number of aryl methyl sites for hydroxylation is 1. The van der Waals surface area contributed by atoms with Gasteiger partial charge in [0.2, 0.25) is 6.79 Å². The lowest BCUT2D eigenvalue weighted by Gasteiger charge is -2.36. The van der Waals surface area contributed by atoms with Gasteiger partial charge in [-0.2, -0.15) is 0 Å². The van der Waals surface area contributed by atoms with Crippen molar-refractivity contribution in [3.8, 4) is 11.5 Å². The van der Waals surface area contributed by atoms with E-state index in [0.29, 0.717) is 45.9 Å². The number of aromatic nitrogens is 2. The Kier molecular flexibility index (Phi) is 9.01. The minimum absolute atomic E-state index is 0.126. The van der Waals surface area contributed by atoms with Crippen LogP contribution < -0.4 is 19.9 Å². The number of carbonyl (C=O) groups is 1. The lowest BCUT2D eigenvalue weighted by atomic mass is 10.1. The van der Waals surface area contributed by atoms with Gasteiger partial charge in [-0.15, -0.1) is 0 Å². The molecule has 5 heterocycles. The summed E-state index contributed by atoms with van der Waals surface area (Å²) in [6, 6.07) is 9.89. The molecule has 0 spiro atoms. The quantitative estimate of drug-likeness (QED) is 0.172. The Morgan fingerprint density at radius 2 is 1.81 bits per heavy atom. The van der Waals surface area contributed by atoms with Crippen LogP contribution in [0.2, 0.25) is 0 Å². The van der Waals surface area contributed by atoms with Crippen LogP contribution in [-0.2, 0) is 11.3 Å². The van der Waals surface area contributed by atoms with E-state index in [1.807, 2.05) is 31.2 Å². The minimum Gasteiger partial charge on any atom is -0.454 e. The number of fused-ring (bicyclic) bond motifs is 2. The van der Waals surface area contributed by atoms with Crippen molar-refractivity contribution in [2.75, 3.05) is 44.4 Å². The number of pyridine rings is 1. The fourth-order valence-corrected chi connectivity index (χ4v) is 7.07. The lowest BCUT2D eigenvalue weighted by molar-refractivity contribution is -0.122. The molecule has 1 amide bonds. The van der Waals surface area contributed by atoms with Crippen LogP contribution in [0.1, 0.15) is 55.7 Å². The van der Waals surface area contributed by atoms with Crippen LogP contribution in [0.4, 0.5) is 5.82 Å². The molecule has 0 radical (unpaired) electrons. The average Bonchev–Trinajstić information content (AvgIpc) is 3.58. The second-order valence-electron chi connectivity index (χ2n) is 11.2. The summed E-state index contributed by atoms with van der Waals surface area (Å²) in [5.41, 5.74) is 2.96. The number of carbonyl (C=O) groups excluding carboxylic acids is 1. The van der Waals surface area contributed by atoms with Crippen LogP contribution in [0.5, 0.6) is 11.5 Å². The Hall–Kier alpha value is -3.41. The summed E-state index contributed by atoms with van der Waals surface area (Å²) in [5.74, 6) is 2.07. The van der Waals surface area contributed by atoms with Crippen LogP contribution in [0, 0.1) is 6.92 Å². The predicted molar refractivity (Wildman–Crippen MR) is 175 cm³/mol. The molecule has 1 aromatic carbocycles. The second-order valence-corrected chi connectivity index (χ2v) is 12.9. The minimum atomic E-state index is -0.184. The summed E-state index contributed by atoms with van der Waals surface area (Å²) >= 11 is 6.86. The average molecular weight is 620 g/mol. The summed E-state index contributed by atoms with van der Waals surface area (Å²) in [6.07, 6.45) is 8.98. The van der Waals surface area contributed by atoms with Crippen LogP contribution >= 0.6 is 24.0 Å². The van der Waals surface area contributed by atoms with Gasteiger partial charge in [0, 0.05) is 45.5 Å². The lowest BCUT2D eigenvalue weighted by Crippen LogP contribution is -2.47. The molecule has 43 heavy (non-hydrogen) atoms. The smallest absolute Gasteiger partial charge is 0.267 e. The maximum atomic E-state index is 13.9. The van der Waals surface area contributed by atoms with Crippen molar-refractivity contribution >= 4 is 51.7 Å². The molecule has 2 saturated heterocycles. The van der Waals surface area contributed by atoms with E-state index in [4.69, 9.17) is 26.7 Å². The zero-order valence-electron chi connectivity index (χ0n) is 24.7. The molecular weight excluding hydrogens is 583 g/mol. The standard InChI is InChI=1S/C32H37N5O4S2/c1-3-4-5-6-7-12-37-31(39)27(43-32(37)42)19-24-29(33-28-22(2)9-8-13-36(28)30(24)38)35-16-14-34(15-17-35)20-23-10-11-25-26(18-23)41-21-40-25/h8-11,13,18-19H,3-7,12,14-17,20-21H2,1-2H3/b27-19+. The van der Waals surface area contributed by atoms with Gasteiger partial charge in [-0.05, 0) is 48.7 Å². The number of rotatable bonds is 10. The van der Waals surface area contributed by atoms with E-state index in [2.05, 4.69) is 22.8 Å². The Bertz CT molecular complexity index is 1630. The third-order valence-corrected chi connectivity index (χ3v) is 9.59. The molecule has 3 aromatic rings. The molecular formula is C32H37N5O4S2. The van der Waals surface area contributed by atoms with Gasteiger partial charge in [-0.1, -0.05) is 68.7 Å². The highest BCUT2D eigenvalue weighted by Crippen LogP contribution is 2.35.